The van der Waals surface area contributed by atoms with Crippen molar-refractivity contribution in [1.29, 1.82) is 0 Å². The maximum atomic E-state index is 13.1. The van der Waals surface area contributed by atoms with E-state index in [0.29, 0.717) is 0 Å². The van der Waals surface area contributed by atoms with Crippen LogP contribution in [0.5, 0.6) is 0 Å². The van der Waals surface area contributed by atoms with Crippen molar-refractivity contribution in [2.45, 2.75) is 63.5 Å². The predicted molar refractivity (Wildman–Crippen MR) is 104 cm³/mol. The Balaban J connectivity index is 2.04. The zero-order valence-electron chi connectivity index (χ0n) is 16.0. The monoisotopic (exact) mass is 352 g/mol. The van der Waals surface area contributed by atoms with Crippen molar-refractivity contribution >= 4 is 11.8 Å². The lowest BCUT2D eigenvalue weighted by Gasteiger charge is -2.44. The topological polar surface area (TPSA) is 58.2 Å². The maximum Gasteiger partial charge on any atom is 0.238 e. The second-order valence-electron chi connectivity index (χ2n) is 7.52. The van der Waals surface area contributed by atoms with Gasteiger partial charge < -0.3 is 10.6 Å². The summed E-state index contributed by atoms with van der Waals surface area (Å²) in [5.41, 5.74) is 0.117. The molecule has 0 radical (unpaired) electrons. The minimum atomic E-state index is -0.835. The molecule has 1 aromatic carbocycles. The van der Waals surface area contributed by atoms with Crippen molar-refractivity contribution in [2.24, 2.45) is 0 Å². The summed E-state index contributed by atoms with van der Waals surface area (Å²) in [5.74, 6) is -0.0788. The highest BCUT2D eigenvalue weighted by Gasteiger charge is 2.52. The molecule has 0 heterocycles. The smallest absolute Gasteiger partial charge is 0.238 e. The predicted octanol–water partition coefficient (Wildman–Crippen LogP) is 3.13. The molecule has 0 saturated carbocycles. The summed E-state index contributed by atoms with van der Waals surface area (Å²) in [5, 5.41) is 6.20. The normalized spacial score (nSPS) is 27.5. The molecule has 2 unspecified atom stereocenters. The highest BCUT2D eigenvalue weighted by Crippen LogP contribution is 2.48. The van der Waals surface area contributed by atoms with Crippen LogP contribution in [0.1, 0.15) is 51.7 Å². The molecule has 0 fully saturated rings. The second-order valence-corrected chi connectivity index (χ2v) is 7.52. The molecule has 0 saturated heterocycles. The van der Waals surface area contributed by atoms with Crippen molar-refractivity contribution in [3.63, 3.8) is 0 Å². The fraction of sp³-hybridized carbons (Fsp3) is 0.455. The van der Waals surface area contributed by atoms with E-state index >= 15 is 0 Å². The molecule has 2 bridgehead atoms. The zero-order valence-corrected chi connectivity index (χ0v) is 16.0. The van der Waals surface area contributed by atoms with Gasteiger partial charge in [0.25, 0.3) is 0 Å². The molecule has 26 heavy (non-hydrogen) atoms. The Bertz CT molecular complexity index is 701. The first-order valence-electron chi connectivity index (χ1n) is 9.52. The third-order valence-corrected chi connectivity index (χ3v) is 5.77. The van der Waals surface area contributed by atoms with E-state index in [9.17, 15) is 9.59 Å². The molecule has 4 nitrogen and oxygen atoms in total. The minimum Gasteiger partial charge on any atom is -0.352 e. The summed E-state index contributed by atoms with van der Waals surface area (Å²) >= 11 is 0. The third-order valence-electron chi connectivity index (χ3n) is 5.77. The van der Waals surface area contributed by atoms with E-state index in [1.54, 1.807) is 0 Å². The second kappa shape index (κ2) is 6.75. The van der Waals surface area contributed by atoms with Crippen LogP contribution < -0.4 is 10.6 Å². The number of carbonyl (C=O) groups excluding carboxylic acids is 2. The van der Waals surface area contributed by atoms with Crippen LogP contribution in [0, 0.1) is 0 Å². The molecule has 2 amide bonds. The van der Waals surface area contributed by atoms with E-state index < -0.39 is 10.8 Å². The van der Waals surface area contributed by atoms with Crippen LogP contribution in [0.3, 0.4) is 0 Å². The van der Waals surface area contributed by atoms with Crippen LogP contribution >= 0.6 is 0 Å². The number of rotatable bonds is 6. The molecule has 138 valence electrons. The summed E-state index contributed by atoms with van der Waals surface area (Å²) < 4.78 is 0. The van der Waals surface area contributed by atoms with Crippen LogP contribution in [0.15, 0.2) is 48.6 Å². The van der Waals surface area contributed by atoms with E-state index in [4.69, 9.17) is 0 Å². The molecule has 3 aliphatic carbocycles. The molecule has 2 atom stereocenters. The van der Waals surface area contributed by atoms with Gasteiger partial charge in [-0.2, -0.15) is 0 Å². The lowest BCUT2D eigenvalue weighted by molar-refractivity contribution is -0.127. The average Bonchev–Trinajstić information content (AvgIpc) is 2.68. The van der Waals surface area contributed by atoms with Crippen molar-refractivity contribution in [3.8, 4) is 0 Å². The SMILES string of the molecule is CCC(C)NC(=O)C12C=CC(C(=O)NC(C)CC)(C=C1)c1ccccc12. The highest BCUT2D eigenvalue weighted by molar-refractivity contribution is 6.02. The van der Waals surface area contributed by atoms with Crippen molar-refractivity contribution in [1.82, 2.24) is 10.6 Å². The average molecular weight is 352 g/mol. The van der Waals surface area contributed by atoms with Crippen molar-refractivity contribution in [2.75, 3.05) is 0 Å². The van der Waals surface area contributed by atoms with Gasteiger partial charge in [0.05, 0.1) is 0 Å². The van der Waals surface area contributed by atoms with Gasteiger partial charge in [-0.15, -0.1) is 0 Å². The number of benzene rings is 1. The molecule has 4 heteroatoms. The quantitative estimate of drug-likeness (QED) is 0.773. The zero-order chi connectivity index (χ0) is 18.9. The van der Waals surface area contributed by atoms with E-state index in [0.717, 1.165) is 24.0 Å². The summed E-state index contributed by atoms with van der Waals surface area (Å²) in [6, 6.07) is 7.99. The number of amides is 2. The Morgan fingerprint density at radius 2 is 1.15 bits per heavy atom. The largest absolute Gasteiger partial charge is 0.352 e. The van der Waals surface area contributed by atoms with E-state index in [-0.39, 0.29) is 23.9 Å². The van der Waals surface area contributed by atoms with Crippen LogP contribution in [-0.4, -0.2) is 23.9 Å². The molecule has 0 aromatic heterocycles. The molecule has 2 N–H and O–H groups in total. The molecule has 1 aromatic rings. The molecule has 0 spiro atoms. The van der Waals surface area contributed by atoms with Gasteiger partial charge in [-0.05, 0) is 37.8 Å². The van der Waals surface area contributed by atoms with Gasteiger partial charge >= 0.3 is 0 Å². The van der Waals surface area contributed by atoms with Gasteiger partial charge in [-0.25, -0.2) is 0 Å². The molecular formula is C22H28N2O2. The lowest BCUT2D eigenvalue weighted by Crippen LogP contribution is -2.55. The van der Waals surface area contributed by atoms with Crippen molar-refractivity contribution < 1.29 is 9.59 Å². The van der Waals surface area contributed by atoms with E-state index in [2.05, 4.69) is 10.6 Å². The Kier molecular flexibility index (Phi) is 4.78. The van der Waals surface area contributed by atoms with E-state index in [1.807, 2.05) is 76.3 Å². The standard InChI is InChI=1S/C22H28N2O2/c1-5-15(3)23-19(25)21-11-13-22(14-12-21,20(26)24-16(4)6-2)18-10-8-7-9-17(18)21/h7-16H,5-6H2,1-4H3,(H,23,25)(H,24,26). The number of hydrogen-bond acceptors (Lipinski definition) is 2. The first-order chi connectivity index (χ1) is 12.4. The van der Waals surface area contributed by atoms with Crippen LogP contribution in [-0.2, 0) is 20.4 Å². The van der Waals surface area contributed by atoms with Crippen molar-refractivity contribution in [3.05, 3.63) is 59.7 Å². The van der Waals surface area contributed by atoms with Gasteiger partial charge in [0, 0.05) is 12.1 Å². The summed E-state index contributed by atoms with van der Waals surface area (Å²) in [4.78, 5) is 26.2. The lowest BCUT2D eigenvalue weighted by atomic mass is 9.59. The first kappa shape index (κ1) is 18.4. The van der Waals surface area contributed by atoms with E-state index in [1.165, 1.54) is 0 Å². The summed E-state index contributed by atoms with van der Waals surface area (Å²) in [6.07, 6.45) is 9.31. The van der Waals surface area contributed by atoms with Crippen LogP contribution in [0.25, 0.3) is 0 Å². The molecule has 0 aliphatic heterocycles. The van der Waals surface area contributed by atoms with Crippen LogP contribution in [0.4, 0.5) is 0 Å². The molecule has 4 rings (SSSR count). The van der Waals surface area contributed by atoms with Gasteiger partial charge in [-0.1, -0.05) is 62.4 Å². The number of nitrogens with one attached hydrogen (secondary N) is 2. The van der Waals surface area contributed by atoms with Gasteiger partial charge in [-0.3, -0.25) is 9.59 Å². The maximum absolute atomic E-state index is 13.1. The fourth-order valence-electron chi connectivity index (χ4n) is 3.64. The Morgan fingerprint density at radius 3 is 1.46 bits per heavy atom. The Hall–Kier alpha value is -2.36. The fourth-order valence-corrected chi connectivity index (χ4v) is 3.64. The molecule has 3 aliphatic rings. The Morgan fingerprint density at radius 1 is 0.808 bits per heavy atom. The van der Waals surface area contributed by atoms with Gasteiger partial charge in [0.15, 0.2) is 0 Å². The minimum absolute atomic E-state index is 0.0394. The number of carbonyl (C=O) groups is 2. The van der Waals surface area contributed by atoms with Gasteiger partial charge in [0.1, 0.15) is 10.8 Å². The number of hydrogen-bond donors (Lipinski definition) is 2. The summed E-state index contributed by atoms with van der Waals surface area (Å²) in [6.45, 7) is 8.11. The molecular weight excluding hydrogens is 324 g/mol. The summed E-state index contributed by atoms with van der Waals surface area (Å²) in [7, 11) is 0. The highest BCUT2D eigenvalue weighted by atomic mass is 16.2. The Labute approximate surface area is 155 Å². The van der Waals surface area contributed by atoms with Gasteiger partial charge in [0.2, 0.25) is 11.8 Å². The first-order valence-corrected chi connectivity index (χ1v) is 9.52. The van der Waals surface area contributed by atoms with Crippen LogP contribution in [0.2, 0.25) is 0 Å². The third kappa shape index (κ3) is 2.68.